The first-order valence-corrected chi connectivity index (χ1v) is 5.76. The number of nitrogens with one attached hydrogen (secondary N) is 1. The fourth-order valence-corrected chi connectivity index (χ4v) is 1.48. The van der Waals surface area contributed by atoms with Crippen LogP contribution in [0.25, 0.3) is 6.08 Å². The van der Waals surface area contributed by atoms with Crippen LogP contribution in [0.3, 0.4) is 0 Å². The van der Waals surface area contributed by atoms with E-state index in [0.717, 1.165) is 11.1 Å². The van der Waals surface area contributed by atoms with Gasteiger partial charge in [-0.15, -0.1) is 5.43 Å². The van der Waals surface area contributed by atoms with Crippen molar-refractivity contribution in [3.05, 3.63) is 72.1 Å². The summed E-state index contributed by atoms with van der Waals surface area (Å²) in [4.78, 5) is 11.7. The quantitative estimate of drug-likeness (QED) is 0.645. The molecule has 1 amide bonds. The summed E-state index contributed by atoms with van der Waals surface area (Å²) in [6.45, 7) is 2.00. The Labute approximate surface area is 106 Å². The van der Waals surface area contributed by atoms with Crippen LogP contribution in [0.1, 0.15) is 11.1 Å². The first-order valence-electron chi connectivity index (χ1n) is 5.76. The van der Waals surface area contributed by atoms with Crippen LogP contribution in [-0.4, -0.2) is 5.91 Å². The number of benzene rings is 1. The van der Waals surface area contributed by atoms with Gasteiger partial charge in [-0.3, -0.25) is 4.79 Å². The van der Waals surface area contributed by atoms with Gasteiger partial charge in [0.15, 0.2) is 12.4 Å². The number of amides is 1. The Balaban J connectivity index is 1.97. The van der Waals surface area contributed by atoms with Crippen LogP contribution in [0.15, 0.2) is 60.9 Å². The number of carbonyl (C=O) groups excluding carboxylic acids is 1. The van der Waals surface area contributed by atoms with Crippen molar-refractivity contribution in [1.29, 1.82) is 0 Å². The number of aromatic nitrogens is 1. The van der Waals surface area contributed by atoms with Gasteiger partial charge in [0, 0.05) is 18.2 Å². The van der Waals surface area contributed by atoms with Crippen LogP contribution in [0.4, 0.5) is 0 Å². The van der Waals surface area contributed by atoms with E-state index in [2.05, 4.69) is 5.43 Å². The second-order valence-corrected chi connectivity index (χ2v) is 4.00. The molecule has 3 heteroatoms. The first kappa shape index (κ1) is 12.0. The Morgan fingerprint density at radius 2 is 1.78 bits per heavy atom. The third-order valence-corrected chi connectivity index (χ3v) is 2.46. The SMILES string of the molecule is Cc1cc[n+](NC(=O)C=Cc2ccccc2)cc1. The van der Waals surface area contributed by atoms with Crippen molar-refractivity contribution in [2.24, 2.45) is 0 Å². The van der Waals surface area contributed by atoms with Gasteiger partial charge < -0.3 is 0 Å². The Hall–Kier alpha value is -2.42. The third kappa shape index (κ3) is 3.56. The number of rotatable bonds is 3. The minimum Gasteiger partial charge on any atom is -0.264 e. The average molecular weight is 239 g/mol. The zero-order valence-electron chi connectivity index (χ0n) is 10.2. The first-order chi connectivity index (χ1) is 8.74. The standard InChI is InChI=1S/C15H14N2O/c1-13-9-11-17(12-10-13)16-15(18)8-7-14-5-3-2-4-6-14/h2-12H,1H3/p+1. The minimum absolute atomic E-state index is 0.160. The van der Waals surface area contributed by atoms with Crippen molar-refractivity contribution in [2.75, 3.05) is 5.43 Å². The second kappa shape index (κ2) is 5.77. The Bertz CT molecular complexity index is 544. The van der Waals surface area contributed by atoms with Crippen LogP contribution >= 0.6 is 0 Å². The van der Waals surface area contributed by atoms with E-state index in [4.69, 9.17) is 0 Å². The molecule has 0 unspecified atom stereocenters. The van der Waals surface area contributed by atoms with E-state index in [1.54, 1.807) is 10.8 Å². The summed E-state index contributed by atoms with van der Waals surface area (Å²) in [7, 11) is 0. The van der Waals surface area contributed by atoms with Crippen LogP contribution in [0.2, 0.25) is 0 Å². The van der Waals surface area contributed by atoms with Crippen LogP contribution < -0.4 is 10.1 Å². The molecule has 1 aromatic heterocycles. The van der Waals surface area contributed by atoms with Gasteiger partial charge in [0.1, 0.15) is 0 Å². The molecular weight excluding hydrogens is 224 g/mol. The molecule has 0 bridgehead atoms. The summed E-state index contributed by atoms with van der Waals surface area (Å²) in [6.07, 6.45) is 6.92. The van der Waals surface area contributed by atoms with Gasteiger partial charge in [-0.25, -0.2) is 0 Å². The maximum absolute atomic E-state index is 11.7. The Morgan fingerprint density at radius 1 is 1.11 bits per heavy atom. The molecule has 2 aromatic rings. The normalized spacial score (nSPS) is 10.5. The molecule has 0 atom stereocenters. The van der Waals surface area contributed by atoms with E-state index < -0.39 is 0 Å². The smallest absolute Gasteiger partial charge is 0.264 e. The van der Waals surface area contributed by atoms with Crippen molar-refractivity contribution >= 4 is 12.0 Å². The molecule has 90 valence electrons. The molecule has 0 fully saturated rings. The molecule has 0 aliphatic rings. The molecule has 18 heavy (non-hydrogen) atoms. The number of hydrogen-bond donors (Lipinski definition) is 1. The highest BCUT2D eigenvalue weighted by atomic mass is 16.2. The zero-order chi connectivity index (χ0) is 12.8. The highest BCUT2D eigenvalue weighted by Gasteiger charge is 2.02. The molecular formula is C15H15N2O+. The Morgan fingerprint density at radius 3 is 2.44 bits per heavy atom. The highest BCUT2D eigenvalue weighted by molar-refractivity contribution is 5.96. The van der Waals surface area contributed by atoms with E-state index in [1.165, 1.54) is 6.08 Å². The van der Waals surface area contributed by atoms with Crippen molar-refractivity contribution < 1.29 is 9.47 Å². The zero-order valence-corrected chi connectivity index (χ0v) is 10.2. The maximum Gasteiger partial charge on any atom is 0.298 e. The van der Waals surface area contributed by atoms with Gasteiger partial charge in [0.2, 0.25) is 0 Å². The number of aryl methyl sites for hydroxylation is 1. The van der Waals surface area contributed by atoms with Gasteiger partial charge in [-0.2, -0.15) is 0 Å². The molecule has 1 aromatic carbocycles. The fourth-order valence-electron chi connectivity index (χ4n) is 1.48. The molecule has 2 rings (SSSR count). The van der Waals surface area contributed by atoms with E-state index in [-0.39, 0.29) is 5.91 Å². The summed E-state index contributed by atoms with van der Waals surface area (Å²) < 4.78 is 1.63. The summed E-state index contributed by atoms with van der Waals surface area (Å²) in [6, 6.07) is 13.6. The van der Waals surface area contributed by atoms with Gasteiger partial charge in [0.05, 0.1) is 0 Å². The molecule has 0 radical (unpaired) electrons. The third-order valence-electron chi connectivity index (χ3n) is 2.46. The monoisotopic (exact) mass is 239 g/mol. The van der Waals surface area contributed by atoms with Crippen molar-refractivity contribution in [2.45, 2.75) is 6.92 Å². The maximum atomic E-state index is 11.7. The highest BCUT2D eigenvalue weighted by Crippen LogP contribution is 2.00. The molecule has 0 aliphatic carbocycles. The van der Waals surface area contributed by atoms with Gasteiger partial charge in [-0.1, -0.05) is 35.0 Å². The van der Waals surface area contributed by atoms with Gasteiger partial charge in [-0.05, 0) is 24.1 Å². The van der Waals surface area contributed by atoms with Crippen LogP contribution in [-0.2, 0) is 4.79 Å². The molecule has 0 spiro atoms. The Kier molecular flexibility index (Phi) is 3.86. The summed E-state index contributed by atoms with van der Waals surface area (Å²) >= 11 is 0. The van der Waals surface area contributed by atoms with Gasteiger partial charge in [0.25, 0.3) is 5.91 Å². The van der Waals surface area contributed by atoms with Crippen molar-refractivity contribution in [3.63, 3.8) is 0 Å². The molecule has 0 saturated heterocycles. The second-order valence-electron chi connectivity index (χ2n) is 4.00. The predicted octanol–water partition coefficient (Wildman–Crippen LogP) is 2.07. The summed E-state index contributed by atoms with van der Waals surface area (Å²) in [5.74, 6) is -0.160. The van der Waals surface area contributed by atoms with E-state index in [0.29, 0.717) is 0 Å². The number of pyridine rings is 1. The van der Waals surface area contributed by atoms with Crippen LogP contribution in [0, 0.1) is 6.92 Å². The number of nitrogens with zero attached hydrogens (tertiary/aromatic N) is 1. The number of carbonyl (C=O) groups is 1. The molecule has 0 saturated carbocycles. The van der Waals surface area contributed by atoms with Crippen molar-refractivity contribution in [3.8, 4) is 0 Å². The molecule has 1 N–H and O–H groups in total. The lowest BCUT2D eigenvalue weighted by Gasteiger charge is -1.95. The minimum atomic E-state index is -0.160. The van der Waals surface area contributed by atoms with E-state index in [9.17, 15) is 4.79 Å². The largest absolute Gasteiger partial charge is 0.298 e. The van der Waals surface area contributed by atoms with Crippen LogP contribution in [0.5, 0.6) is 0 Å². The fraction of sp³-hybridized carbons (Fsp3) is 0.0667. The summed E-state index contributed by atoms with van der Waals surface area (Å²) in [5, 5.41) is 0. The summed E-state index contributed by atoms with van der Waals surface area (Å²) in [5.41, 5.74) is 4.88. The van der Waals surface area contributed by atoms with Crippen molar-refractivity contribution in [1.82, 2.24) is 0 Å². The molecule has 0 aliphatic heterocycles. The topological polar surface area (TPSA) is 33.0 Å². The van der Waals surface area contributed by atoms with E-state index >= 15 is 0 Å². The van der Waals surface area contributed by atoms with E-state index in [1.807, 2.05) is 61.8 Å². The molecule has 1 heterocycles. The number of hydrogen-bond acceptors (Lipinski definition) is 1. The lowest BCUT2D eigenvalue weighted by atomic mass is 10.2. The average Bonchev–Trinajstić information content (AvgIpc) is 2.40. The molecule has 3 nitrogen and oxygen atoms in total. The lowest BCUT2D eigenvalue weighted by Crippen LogP contribution is -2.47. The van der Waals surface area contributed by atoms with Gasteiger partial charge >= 0.3 is 0 Å². The lowest BCUT2D eigenvalue weighted by molar-refractivity contribution is -0.642. The predicted molar refractivity (Wildman–Crippen MR) is 71.2 cm³/mol.